The number of hydrogen-bond donors (Lipinski definition) is 1. The molecule has 1 N–H and O–H groups in total. The molecule has 1 heterocycles. The minimum atomic E-state index is -1.18. The number of hydrogen-bond acceptors (Lipinski definition) is 3. The first kappa shape index (κ1) is 23.2. The highest BCUT2D eigenvalue weighted by atomic mass is 16.5. The topological polar surface area (TPSA) is 68.5 Å². The van der Waals surface area contributed by atoms with E-state index in [-0.39, 0.29) is 5.78 Å². The zero-order chi connectivity index (χ0) is 23.1. The van der Waals surface area contributed by atoms with Crippen molar-refractivity contribution in [3.63, 3.8) is 0 Å². The second-order valence-corrected chi connectivity index (χ2v) is 8.30. The van der Waals surface area contributed by atoms with Crippen LogP contribution in [-0.4, -0.2) is 33.6 Å². The van der Waals surface area contributed by atoms with Crippen molar-refractivity contribution in [2.45, 2.75) is 39.3 Å². The third-order valence-electron chi connectivity index (χ3n) is 5.34. The predicted octanol–water partition coefficient (Wildman–Crippen LogP) is 5.16. The monoisotopic (exact) mass is 431 g/mol. The number of nitrogens with zero attached hydrogens (tertiary/aromatic N) is 1. The quantitative estimate of drug-likeness (QED) is 0.450. The number of carboxylic acid groups (broad SMARTS) is 1. The Morgan fingerprint density at radius 2 is 1.72 bits per heavy atom. The maximum Gasteiger partial charge on any atom is 0.335 e. The predicted molar refractivity (Wildman–Crippen MR) is 126 cm³/mol. The van der Waals surface area contributed by atoms with Crippen LogP contribution < -0.4 is 0 Å². The van der Waals surface area contributed by atoms with Crippen molar-refractivity contribution in [2.75, 3.05) is 6.61 Å². The third-order valence-corrected chi connectivity index (χ3v) is 5.34. The minimum Gasteiger partial charge on any atom is -0.479 e. The summed E-state index contributed by atoms with van der Waals surface area (Å²) in [6.07, 6.45) is 6.61. The molecule has 0 atom stereocenters. The van der Waals surface area contributed by atoms with Crippen molar-refractivity contribution in [1.29, 1.82) is 0 Å². The van der Waals surface area contributed by atoms with Gasteiger partial charge in [0.05, 0.1) is 12.3 Å². The fraction of sp³-hybridized carbons (Fsp3) is 0.259. The molecule has 0 aliphatic carbocycles. The third kappa shape index (κ3) is 6.05. The first-order valence-corrected chi connectivity index (χ1v) is 10.7. The van der Waals surface area contributed by atoms with Crippen molar-refractivity contribution >= 4 is 17.8 Å². The van der Waals surface area contributed by atoms with Gasteiger partial charge < -0.3 is 14.4 Å². The Kier molecular flexibility index (Phi) is 7.44. The fourth-order valence-corrected chi connectivity index (χ4v) is 3.22. The van der Waals surface area contributed by atoms with Crippen LogP contribution in [0.25, 0.3) is 6.08 Å². The highest BCUT2D eigenvalue weighted by Crippen LogP contribution is 2.14. The van der Waals surface area contributed by atoms with Crippen LogP contribution in [-0.2, 0) is 22.5 Å². The van der Waals surface area contributed by atoms with E-state index >= 15 is 0 Å². The molecule has 0 aliphatic rings. The van der Waals surface area contributed by atoms with Gasteiger partial charge in [-0.25, -0.2) is 4.79 Å². The number of aliphatic carboxylic acids is 1. The molecule has 5 nitrogen and oxygen atoms in total. The molecule has 5 heteroatoms. The molecule has 0 saturated carbocycles. The molecule has 32 heavy (non-hydrogen) atoms. The van der Waals surface area contributed by atoms with Gasteiger partial charge in [-0.2, -0.15) is 0 Å². The van der Waals surface area contributed by atoms with Gasteiger partial charge in [-0.05, 0) is 50.5 Å². The van der Waals surface area contributed by atoms with E-state index in [1.54, 1.807) is 13.8 Å². The number of aryl methyl sites for hydroxylation is 1. The van der Waals surface area contributed by atoms with Crippen LogP contribution in [0.1, 0.15) is 46.6 Å². The molecule has 0 fully saturated rings. The van der Waals surface area contributed by atoms with Gasteiger partial charge in [-0.15, -0.1) is 0 Å². The van der Waals surface area contributed by atoms with Gasteiger partial charge in [0, 0.05) is 18.3 Å². The molecule has 3 aromatic rings. The summed E-state index contributed by atoms with van der Waals surface area (Å²) in [4.78, 5) is 23.9. The molecule has 2 aromatic carbocycles. The second-order valence-electron chi connectivity index (χ2n) is 8.30. The fourth-order valence-electron chi connectivity index (χ4n) is 3.22. The van der Waals surface area contributed by atoms with E-state index in [0.29, 0.717) is 30.8 Å². The van der Waals surface area contributed by atoms with Crippen LogP contribution in [0.4, 0.5) is 0 Å². The van der Waals surface area contributed by atoms with Gasteiger partial charge in [0.15, 0.2) is 5.60 Å². The molecule has 0 unspecified atom stereocenters. The summed E-state index contributed by atoms with van der Waals surface area (Å²) < 4.78 is 7.39. The maximum absolute atomic E-state index is 12.8. The van der Waals surface area contributed by atoms with E-state index in [2.05, 4.69) is 0 Å². The Labute approximate surface area is 189 Å². The van der Waals surface area contributed by atoms with Gasteiger partial charge in [-0.1, -0.05) is 66.2 Å². The Balaban J connectivity index is 1.56. The van der Waals surface area contributed by atoms with Gasteiger partial charge in [0.1, 0.15) is 0 Å². The number of carbonyl (C=O) groups is 2. The van der Waals surface area contributed by atoms with Crippen molar-refractivity contribution in [3.05, 3.63) is 101 Å². The highest BCUT2D eigenvalue weighted by molar-refractivity contribution is 6.08. The average Bonchev–Trinajstić information content (AvgIpc) is 3.23. The number of aromatic nitrogens is 1. The lowest BCUT2D eigenvalue weighted by Crippen LogP contribution is -2.35. The molecular formula is C27H29NO4. The van der Waals surface area contributed by atoms with E-state index in [9.17, 15) is 9.59 Å². The van der Waals surface area contributed by atoms with Gasteiger partial charge >= 0.3 is 5.97 Å². The Morgan fingerprint density at radius 1 is 1.03 bits per heavy atom. The lowest BCUT2D eigenvalue weighted by molar-refractivity contribution is -0.161. The van der Waals surface area contributed by atoms with Crippen LogP contribution in [0.3, 0.4) is 0 Å². The van der Waals surface area contributed by atoms with E-state index in [1.165, 1.54) is 0 Å². The van der Waals surface area contributed by atoms with Crippen LogP contribution in [0, 0.1) is 6.92 Å². The molecule has 3 rings (SSSR count). The lowest BCUT2D eigenvalue weighted by Gasteiger charge is -2.19. The first-order valence-electron chi connectivity index (χ1n) is 10.7. The number of carboxylic acids is 1. The molecule has 0 saturated heterocycles. The average molecular weight is 432 g/mol. The summed E-state index contributed by atoms with van der Waals surface area (Å²) in [5, 5.41) is 9.09. The Bertz CT molecular complexity index is 1090. The SMILES string of the molecule is Cc1ccc(C(=O)c2cccn2C/C=C/c2ccc(CCOC(C)(C)C(=O)O)cc2)cc1. The summed E-state index contributed by atoms with van der Waals surface area (Å²) in [6.45, 7) is 6.05. The van der Waals surface area contributed by atoms with E-state index in [1.807, 2.05) is 90.5 Å². The number of carbonyl (C=O) groups excluding carboxylic acids is 1. The molecule has 0 amide bonds. The lowest BCUT2D eigenvalue weighted by atomic mass is 10.1. The van der Waals surface area contributed by atoms with E-state index in [0.717, 1.165) is 16.7 Å². The van der Waals surface area contributed by atoms with Crippen molar-refractivity contribution < 1.29 is 19.4 Å². The Hall–Kier alpha value is -3.44. The number of allylic oxidation sites excluding steroid dienone is 1. The largest absolute Gasteiger partial charge is 0.479 e. The summed E-state index contributed by atoms with van der Waals surface area (Å²) in [6, 6.07) is 19.4. The highest BCUT2D eigenvalue weighted by Gasteiger charge is 2.27. The van der Waals surface area contributed by atoms with Crippen molar-refractivity contribution in [1.82, 2.24) is 4.57 Å². The maximum atomic E-state index is 12.8. The Morgan fingerprint density at radius 3 is 2.38 bits per heavy atom. The summed E-state index contributed by atoms with van der Waals surface area (Å²) in [5.74, 6) is -0.953. The second kappa shape index (κ2) is 10.2. The number of ether oxygens (including phenoxy) is 1. The van der Waals surface area contributed by atoms with Crippen molar-refractivity contribution in [2.24, 2.45) is 0 Å². The number of ketones is 1. The van der Waals surface area contributed by atoms with Crippen molar-refractivity contribution in [3.8, 4) is 0 Å². The van der Waals surface area contributed by atoms with Crippen LogP contribution in [0.5, 0.6) is 0 Å². The molecular weight excluding hydrogens is 402 g/mol. The molecule has 0 radical (unpaired) electrons. The van der Waals surface area contributed by atoms with Crippen LogP contribution in [0.2, 0.25) is 0 Å². The molecule has 0 bridgehead atoms. The van der Waals surface area contributed by atoms with Gasteiger partial charge in [-0.3, -0.25) is 4.79 Å². The van der Waals surface area contributed by atoms with Gasteiger partial charge in [0.25, 0.3) is 0 Å². The normalized spacial score (nSPS) is 11.7. The number of rotatable bonds is 10. The zero-order valence-corrected chi connectivity index (χ0v) is 18.7. The summed E-state index contributed by atoms with van der Waals surface area (Å²) in [5.41, 5.74) is 3.44. The van der Waals surface area contributed by atoms with E-state index in [4.69, 9.17) is 9.84 Å². The van der Waals surface area contributed by atoms with E-state index < -0.39 is 11.6 Å². The first-order chi connectivity index (χ1) is 15.3. The molecule has 1 aromatic heterocycles. The van der Waals surface area contributed by atoms with Crippen LogP contribution >= 0.6 is 0 Å². The minimum absolute atomic E-state index is 0.0149. The molecule has 0 aliphatic heterocycles. The summed E-state index contributed by atoms with van der Waals surface area (Å²) >= 11 is 0. The smallest absolute Gasteiger partial charge is 0.335 e. The standard InChI is InChI=1S/C27H29NO4/c1-20-8-14-23(15-9-20)25(29)24-7-5-18-28(24)17-4-6-21-10-12-22(13-11-21)16-19-32-27(2,3)26(30)31/h4-15,18H,16-17,19H2,1-3H3,(H,30,31)/b6-4+. The van der Waals surface area contributed by atoms with Crippen LogP contribution in [0.15, 0.2) is 72.9 Å². The summed E-state index contributed by atoms with van der Waals surface area (Å²) in [7, 11) is 0. The molecule has 166 valence electrons. The number of benzene rings is 2. The van der Waals surface area contributed by atoms with Gasteiger partial charge in [0.2, 0.25) is 5.78 Å². The molecule has 0 spiro atoms. The zero-order valence-electron chi connectivity index (χ0n) is 18.7.